The standard InChI is InChI=1S/C12H9ClN2O/c1-2-11(16)15-10-6-5-9(13)8-4-3-7-14-12(8)10/h2-7H,1H2,(H,15,16). The van der Waals surface area contributed by atoms with Crippen molar-refractivity contribution < 1.29 is 4.79 Å². The van der Waals surface area contributed by atoms with Crippen LogP contribution in [0.25, 0.3) is 10.9 Å². The number of halogens is 1. The molecule has 0 saturated carbocycles. The van der Waals surface area contributed by atoms with E-state index in [2.05, 4.69) is 16.9 Å². The van der Waals surface area contributed by atoms with Gasteiger partial charge < -0.3 is 5.32 Å². The molecule has 0 radical (unpaired) electrons. The molecule has 1 aromatic heterocycles. The molecule has 0 saturated heterocycles. The lowest BCUT2D eigenvalue weighted by Gasteiger charge is -2.06. The molecule has 0 fully saturated rings. The molecular formula is C12H9ClN2O. The van der Waals surface area contributed by atoms with E-state index in [1.54, 1.807) is 24.4 Å². The van der Waals surface area contributed by atoms with Crippen LogP contribution >= 0.6 is 11.6 Å². The highest BCUT2D eigenvalue weighted by molar-refractivity contribution is 6.36. The van der Waals surface area contributed by atoms with E-state index in [-0.39, 0.29) is 5.91 Å². The number of nitrogens with one attached hydrogen (secondary N) is 1. The van der Waals surface area contributed by atoms with E-state index in [4.69, 9.17) is 11.6 Å². The van der Waals surface area contributed by atoms with E-state index in [9.17, 15) is 4.79 Å². The summed E-state index contributed by atoms with van der Waals surface area (Å²) in [4.78, 5) is 15.4. The summed E-state index contributed by atoms with van der Waals surface area (Å²) in [5, 5.41) is 4.11. The van der Waals surface area contributed by atoms with Crippen LogP contribution in [0.2, 0.25) is 5.02 Å². The molecule has 0 aliphatic carbocycles. The number of carbonyl (C=O) groups excluding carboxylic acids is 1. The molecule has 2 rings (SSSR count). The van der Waals surface area contributed by atoms with Gasteiger partial charge in [-0.1, -0.05) is 18.2 Å². The zero-order chi connectivity index (χ0) is 11.5. The molecule has 0 aliphatic rings. The fourth-order valence-electron chi connectivity index (χ4n) is 1.42. The molecule has 80 valence electrons. The number of anilines is 1. The van der Waals surface area contributed by atoms with E-state index in [0.29, 0.717) is 16.2 Å². The normalized spacial score (nSPS) is 10.1. The Hall–Kier alpha value is -1.87. The van der Waals surface area contributed by atoms with E-state index in [0.717, 1.165) is 5.39 Å². The van der Waals surface area contributed by atoms with Crippen LogP contribution in [0.5, 0.6) is 0 Å². The highest BCUT2D eigenvalue weighted by Crippen LogP contribution is 2.27. The van der Waals surface area contributed by atoms with Gasteiger partial charge in [-0.15, -0.1) is 0 Å². The van der Waals surface area contributed by atoms with Crippen LogP contribution in [-0.2, 0) is 4.79 Å². The summed E-state index contributed by atoms with van der Waals surface area (Å²) in [5.41, 5.74) is 1.30. The first-order chi connectivity index (χ1) is 7.72. The van der Waals surface area contributed by atoms with Gasteiger partial charge in [0.15, 0.2) is 0 Å². The fourth-order valence-corrected chi connectivity index (χ4v) is 1.64. The van der Waals surface area contributed by atoms with E-state index in [1.165, 1.54) is 6.08 Å². The number of pyridine rings is 1. The maximum Gasteiger partial charge on any atom is 0.247 e. The van der Waals surface area contributed by atoms with Crippen LogP contribution in [0.3, 0.4) is 0 Å². The predicted molar refractivity (Wildman–Crippen MR) is 65.6 cm³/mol. The van der Waals surface area contributed by atoms with Gasteiger partial charge in [-0.05, 0) is 30.3 Å². The Kier molecular flexibility index (Phi) is 2.88. The second-order valence-electron chi connectivity index (χ2n) is 3.19. The Labute approximate surface area is 97.8 Å². The van der Waals surface area contributed by atoms with Crippen molar-refractivity contribution in [2.75, 3.05) is 5.32 Å². The van der Waals surface area contributed by atoms with Gasteiger partial charge in [-0.2, -0.15) is 0 Å². The average Bonchev–Trinajstić information content (AvgIpc) is 2.33. The van der Waals surface area contributed by atoms with Crippen LogP contribution in [-0.4, -0.2) is 10.9 Å². The smallest absolute Gasteiger partial charge is 0.247 e. The van der Waals surface area contributed by atoms with Crippen molar-refractivity contribution in [3.05, 3.63) is 48.1 Å². The minimum Gasteiger partial charge on any atom is -0.321 e. The number of amides is 1. The van der Waals surface area contributed by atoms with Crippen molar-refractivity contribution >= 4 is 34.1 Å². The lowest BCUT2D eigenvalue weighted by molar-refractivity contribution is -0.111. The minimum atomic E-state index is -0.269. The monoisotopic (exact) mass is 232 g/mol. The summed E-state index contributed by atoms with van der Waals surface area (Å²) in [6.07, 6.45) is 2.87. The van der Waals surface area contributed by atoms with Crippen molar-refractivity contribution in [3.63, 3.8) is 0 Å². The highest BCUT2D eigenvalue weighted by Gasteiger charge is 2.06. The topological polar surface area (TPSA) is 42.0 Å². The van der Waals surface area contributed by atoms with E-state index < -0.39 is 0 Å². The molecule has 0 unspecified atom stereocenters. The molecule has 2 aromatic rings. The van der Waals surface area contributed by atoms with Crippen molar-refractivity contribution in [3.8, 4) is 0 Å². The van der Waals surface area contributed by atoms with Gasteiger partial charge >= 0.3 is 0 Å². The summed E-state index contributed by atoms with van der Waals surface area (Å²) < 4.78 is 0. The molecule has 16 heavy (non-hydrogen) atoms. The number of carbonyl (C=O) groups is 1. The first kappa shape index (κ1) is 10.6. The summed E-state index contributed by atoms with van der Waals surface area (Å²) in [6.45, 7) is 3.40. The van der Waals surface area contributed by atoms with Gasteiger partial charge in [0.05, 0.1) is 16.2 Å². The third kappa shape index (κ3) is 1.90. The Morgan fingerprint density at radius 1 is 1.44 bits per heavy atom. The van der Waals surface area contributed by atoms with Crippen LogP contribution in [0, 0.1) is 0 Å². The van der Waals surface area contributed by atoms with Crippen LogP contribution in [0.15, 0.2) is 43.1 Å². The molecule has 1 N–H and O–H groups in total. The van der Waals surface area contributed by atoms with Crippen molar-refractivity contribution in [1.82, 2.24) is 4.98 Å². The maximum absolute atomic E-state index is 11.2. The predicted octanol–water partition coefficient (Wildman–Crippen LogP) is 3.01. The maximum atomic E-state index is 11.2. The number of hydrogen-bond donors (Lipinski definition) is 1. The second-order valence-corrected chi connectivity index (χ2v) is 3.60. The number of nitrogens with zero attached hydrogens (tertiary/aromatic N) is 1. The molecule has 1 heterocycles. The van der Waals surface area contributed by atoms with Crippen LogP contribution < -0.4 is 5.32 Å². The molecular weight excluding hydrogens is 224 g/mol. The third-order valence-electron chi connectivity index (χ3n) is 2.16. The van der Waals surface area contributed by atoms with Crippen molar-refractivity contribution in [2.24, 2.45) is 0 Å². The summed E-state index contributed by atoms with van der Waals surface area (Å²) in [5.74, 6) is -0.269. The van der Waals surface area contributed by atoms with E-state index >= 15 is 0 Å². The molecule has 0 spiro atoms. The zero-order valence-electron chi connectivity index (χ0n) is 8.40. The fraction of sp³-hybridized carbons (Fsp3) is 0. The van der Waals surface area contributed by atoms with Crippen LogP contribution in [0.4, 0.5) is 5.69 Å². The zero-order valence-corrected chi connectivity index (χ0v) is 9.16. The van der Waals surface area contributed by atoms with Gasteiger partial charge in [0, 0.05) is 11.6 Å². The number of aromatic nitrogens is 1. The Morgan fingerprint density at radius 2 is 2.25 bits per heavy atom. The Balaban J connectivity index is 2.58. The minimum absolute atomic E-state index is 0.269. The van der Waals surface area contributed by atoms with Crippen LogP contribution in [0.1, 0.15) is 0 Å². The first-order valence-corrected chi connectivity index (χ1v) is 5.07. The molecule has 1 aromatic carbocycles. The van der Waals surface area contributed by atoms with E-state index in [1.807, 2.05) is 6.07 Å². The largest absolute Gasteiger partial charge is 0.321 e. The van der Waals surface area contributed by atoms with Gasteiger partial charge in [-0.3, -0.25) is 9.78 Å². The molecule has 4 heteroatoms. The molecule has 1 amide bonds. The average molecular weight is 233 g/mol. The van der Waals surface area contributed by atoms with Gasteiger partial charge in [-0.25, -0.2) is 0 Å². The lowest BCUT2D eigenvalue weighted by Crippen LogP contribution is -2.07. The number of rotatable bonds is 2. The SMILES string of the molecule is C=CC(=O)Nc1ccc(Cl)c2cccnc12. The van der Waals surface area contributed by atoms with Gasteiger partial charge in [0.1, 0.15) is 0 Å². The second kappa shape index (κ2) is 4.33. The summed E-state index contributed by atoms with van der Waals surface area (Å²) in [6, 6.07) is 7.10. The Bertz CT molecular complexity index is 566. The molecule has 0 bridgehead atoms. The molecule has 0 aliphatic heterocycles. The Morgan fingerprint density at radius 3 is 3.00 bits per heavy atom. The number of benzene rings is 1. The molecule has 3 nitrogen and oxygen atoms in total. The summed E-state index contributed by atoms with van der Waals surface area (Å²) >= 11 is 6.03. The third-order valence-corrected chi connectivity index (χ3v) is 2.49. The highest BCUT2D eigenvalue weighted by atomic mass is 35.5. The first-order valence-electron chi connectivity index (χ1n) is 4.69. The molecule has 0 atom stereocenters. The van der Waals surface area contributed by atoms with Gasteiger partial charge in [0.25, 0.3) is 0 Å². The van der Waals surface area contributed by atoms with Crippen molar-refractivity contribution in [2.45, 2.75) is 0 Å². The lowest BCUT2D eigenvalue weighted by atomic mass is 10.2. The van der Waals surface area contributed by atoms with Gasteiger partial charge in [0.2, 0.25) is 5.91 Å². The summed E-state index contributed by atoms with van der Waals surface area (Å²) in [7, 11) is 0. The number of fused-ring (bicyclic) bond motifs is 1. The number of hydrogen-bond acceptors (Lipinski definition) is 2. The van der Waals surface area contributed by atoms with Crippen molar-refractivity contribution in [1.29, 1.82) is 0 Å². The quantitative estimate of drug-likeness (QED) is 0.809.